The third-order valence-electron chi connectivity index (χ3n) is 3.32. The van der Waals surface area contributed by atoms with Crippen LogP contribution in [0.1, 0.15) is 31.9 Å². The van der Waals surface area contributed by atoms with Crippen molar-refractivity contribution in [2.75, 3.05) is 40.0 Å². The van der Waals surface area contributed by atoms with Gasteiger partial charge in [0.1, 0.15) is 0 Å². The molecule has 1 aromatic carbocycles. The highest BCUT2D eigenvalue weighted by atomic mass is 16.5. The van der Waals surface area contributed by atoms with Crippen LogP contribution in [0.25, 0.3) is 0 Å². The summed E-state index contributed by atoms with van der Waals surface area (Å²) in [5.41, 5.74) is 6.95. The zero-order chi connectivity index (χ0) is 15.7. The van der Waals surface area contributed by atoms with Crippen LogP contribution in [0.4, 0.5) is 0 Å². The normalized spacial score (nSPS) is 12.5. The maximum absolute atomic E-state index is 9.08. The number of likely N-dealkylation sites (N-methyl/N-ethyl adjacent to an activating group) is 1. The van der Waals surface area contributed by atoms with E-state index in [-0.39, 0.29) is 12.6 Å². The average Bonchev–Trinajstić information content (AvgIpc) is 2.48. The molecule has 5 nitrogen and oxygen atoms in total. The summed E-state index contributed by atoms with van der Waals surface area (Å²) in [6, 6.07) is 5.99. The van der Waals surface area contributed by atoms with Crippen molar-refractivity contribution in [1.29, 1.82) is 0 Å². The number of nitrogens with zero attached hydrogens (tertiary/aromatic N) is 1. The van der Waals surface area contributed by atoms with Crippen LogP contribution in [-0.4, -0.2) is 50.0 Å². The van der Waals surface area contributed by atoms with Gasteiger partial charge in [-0.25, -0.2) is 0 Å². The predicted octanol–water partition coefficient (Wildman–Crippen LogP) is 1.80. The topological polar surface area (TPSA) is 68.0 Å². The molecule has 0 heterocycles. The molecule has 0 aliphatic heterocycles. The van der Waals surface area contributed by atoms with Crippen LogP contribution in [0.5, 0.6) is 11.5 Å². The molecular formula is C16H28N2O3. The second-order valence-electron chi connectivity index (χ2n) is 4.94. The number of ether oxygens (including phenoxy) is 2. The minimum absolute atomic E-state index is 0.0524. The lowest BCUT2D eigenvalue weighted by Gasteiger charge is -2.27. The Labute approximate surface area is 127 Å². The van der Waals surface area contributed by atoms with Crippen molar-refractivity contribution in [2.24, 2.45) is 5.73 Å². The molecule has 0 saturated heterocycles. The Hall–Kier alpha value is -1.30. The van der Waals surface area contributed by atoms with E-state index in [1.807, 2.05) is 37.1 Å². The molecule has 21 heavy (non-hydrogen) atoms. The summed E-state index contributed by atoms with van der Waals surface area (Å²) in [6.07, 6.45) is 0.956. The number of benzene rings is 1. The highest BCUT2D eigenvalue weighted by molar-refractivity contribution is 5.44. The third-order valence-corrected chi connectivity index (χ3v) is 3.32. The quantitative estimate of drug-likeness (QED) is 0.689. The van der Waals surface area contributed by atoms with Crippen LogP contribution in [0.15, 0.2) is 18.2 Å². The van der Waals surface area contributed by atoms with E-state index < -0.39 is 0 Å². The van der Waals surface area contributed by atoms with E-state index in [1.54, 1.807) is 0 Å². The van der Waals surface area contributed by atoms with Crippen molar-refractivity contribution in [1.82, 2.24) is 4.90 Å². The van der Waals surface area contributed by atoms with E-state index in [4.69, 9.17) is 20.3 Å². The highest BCUT2D eigenvalue weighted by Crippen LogP contribution is 2.32. The van der Waals surface area contributed by atoms with Gasteiger partial charge in [-0.1, -0.05) is 13.0 Å². The summed E-state index contributed by atoms with van der Waals surface area (Å²) < 4.78 is 11.4. The number of nitrogens with two attached hydrogens (primary N) is 1. The summed E-state index contributed by atoms with van der Waals surface area (Å²) in [6.45, 7) is 6.47. The zero-order valence-corrected chi connectivity index (χ0v) is 13.3. The van der Waals surface area contributed by atoms with Gasteiger partial charge in [-0.3, -0.25) is 4.90 Å². The van der Waals surface area contributed by atoms with Crippen molar-refractivity contribution >= 4 is 0 Å². The first-order chi connectivity index (χ1) is 10.2. The lowest BCUT2D eigenvalue weighted by Crippen LogP contribution is -2.32. The van der Waals surface area contributed by atoms with Gasteiger partial charge in [0.2, 0.25) is 0 Å². The first-order valence-electron chi connectivity index (χ1n) is 7.58. The van der Waals surface area contributed by atoms with Crippen molar-refractivity contribution in [2.45, 2.75) is 26.3 Å². The van der Waals surface area contributed by atoms with E-state index in [1.165, 1.54) is 0 Å². The molecule has 1 unspecified atom stereocenters. The second kappa shape index (κ2) is 9.60. The summed E-state index contributed by atoms with van der Waals surface area (Å²) >= 11 is 0. The fourth-order valence-corrected chi connectivity index (χ4v) is 2.22. The van der Waals surface area contributed by atoms with Crippen LogP contribution in [0.3, 0.4) is 0 Å². The fraction of sp³-hybridized carbons (Fsp3) is 0.625. The average molecular weight is 296 g/mol. The van der Waals surface area contributed by atoms with Gasteiger partial charge >= 0.3 is 0 Å². The molecule has 0 fully saturated rings. The van der Waals surface area contributed by atoms with Crippen molar-refractivity contribution in [3.63, 3.8) is 0 Å². The van der Waals surface area contributed by atoms with Gasteiger partial charge in [-0.2, -0.15) is 0 Å². The predicted molar refractivity (Wildman–Crippen MR) is 84.9 cm³/mol. The van der Waals surface area contributed by atoms with Gasteiger partial charge in [0.05, 0.1) is 19.8 Å². The minimum atomic E-state index is 0.0524. The molecular weight excluding hydrogens is 268 g/mol. The Bertz CT molecular complexity index is 413. The maximum Gasteiger partial charge on any atom is 0.161 e. The van der Waals surface area contributed by atoms with Gasteiger partial charge < -0.3 is 20.3 Å². The molecule has 1 rings (SSSR count). The molecule has 0 saturated carbocycles. The molecule has 0 spiro atoms. The maximum atomic E-state index is 9.08. The van der Waals surface area contributed by atoms with E-state index >= 15 is 0 Å². The molecule has 0 amide bonds. The summed E-state index contributed by atoms with van der Waals surface area (Å²) in [5.74, 6) is 1.52. The standard InChI is InChI=1S/C16H28N2O3/c1-4-10-21-15-7-6-13(11-16(15)20-5-2)14(12-17)18(3)8-9-19/h6-7,11,14,19H,4-5,8-10,12,17H2,1-3H3. The lowest BCUT2D eigenvalue weighted by molar-refractivity contribution is 0.183. The molecule has 0 radical (unpaired) electrons. The Kier molecular flexibility index (Phi) is 8.12. The molecule has 0 aliphatic rings. The summed E-state index contributed by atoms with van der Waals surface area (Å²) in [7, 11) is 1.95. The Morgan fingerprint density at radius 2 is 2.00 bits per heavy atom. The van der Waals surface area contributed by atoms with Crippen LogP contribution in [0, 0.1) is 0 Å². The zero-order valence-electron chi connectivity index (χ0n) is 13.3. The smallest absolute Gasteiger partial charge is 0.161 e. The largest absolute Gasteiger partial charge is 0.490 e. The Balaban J connectivity index is 2.98. The number of rotatable bonds is 10. The molecule has 3 N–H and O–H groups in total. The van der Waals surface area contributed by atoms with Gasteiger partial charge in [0, 0.05) is 19.1 Å². The van der Waals surface area contributed by atoms with E-state index in [2.05, 4.69) is 6.92 Å². The van der Waals surface area contributed by atoms with Gasteiger partial charge in [-0.15, -0.1) is 0 Å². The van der Waals surface area contributed by atoms with Crippen LogP contribution < -0.4 is 15.2 Å². The molecule has 1 atom stereocenters. The van der Waals surface area contributed by atoms with Crippen LogP contribution in [-0.2, 0) is 0 Å². The third kappa shape index (κ3) is 5.19. The van der Waals surface area contributed by atoms with Crippen molar-refractivity contribution in [3.8, 4) is 11.5 Å². The van der Waals surface area contributed by atoms with Crippen molar-refractivity contribution < 1.29 is 14.6 Å². The first kappa shape index (κ1) is 17.8. The summed E-state index contributed by atoms with van der Waals surface area (Å²) in [5, 5.41) is 9.08. The highest BCUT2D eigenvalue weighted by Gasteiger charge is 2.17. The SMILES string of the molecule is CCCOc1ccc(C(CN)N(C)CCO)cc1OCC. The number of aliphatic hydroxyl groups is 1. The monoisotopic (exact) mass is 296 g/mol. The number of hydrogen-bond acceptors (Lipinski definition) is 5. The molecule has 0 aliphatic carbocycles. The van der Waals surface area contributed by atoms with Gasteiger partial charge in [-0.05, 0) is 38.1 Å². The second-order valence-corrected chi connectivity index (χ2v) is 4.94. The molecule has 0 aromatic heterocycles. The van der Waals surface area contributed by atoms with Crippen LogP contribution >= 0.6 is 0 Å². The van der Waals surface area contributed by atoms with E-state index in [0.717, 1.165) is 23.5 Å². The lowest BCUT2D eigenvalue weighted by atomic mass is 10.0. The number of aliphatic hydroxyl groups excluding tert-OH is 1. The first-order valence-corrected chi connectivity index (χ1v) is 7.58. The Morgan fingerprint density at radius 1 is 1.24 bits per heavy atom. The van der Waals surface area contributed by atoms with Crippen molar-refractivity contribution in [3.05, 3.63) is 23.8 Å². The molecule has 120 valence electrons. The summed E-state index contributed by atoms with van der Waals surface area (Å²) in [4.78, 5) is 2.04. The molecule has 1 aromatic rings. The fourth-order valence-electron chi connectivity index (χ4n) is 2.22. The van der Waals surface area contributed by atoms with Crippen LogP contribution in [0.2, 0.25) is 0 Å². The molecule has 5 heteroatoms. The Morgan fingerprint density at radius 3 is 2.57 bits per heavy atom. The molecule has 0 bridgehead atoms. The number of hydrogen-bond donors (Lipinski definition) is 2. The van der Waals surface area contributed by atoms with Gasteiger partial charge in [0.25, 0.3) is 0 Å². The van der Waals surface area contributed by atoms with E-state index in [0.29, 0.717) is 26.3 Å². The van der Waals surface area contributed by atoms with E-state index in [9.17, 15) is 0 Å². The minimum Gasteiger partial charge on any atom is -0.490 e. The van der Waals surface area contributed by atoms with Gasteiger partial charge in [0.15, 0.2) is 11.5 Å².